The van der Waals surface area contributed by atoms with E-state index in [2.05, 4.69) is 44.6 Å². The number of guanidine groups is 1. The maximum atomic E-state index is 12.7. The third kappa shape index (κ3) is 5.42. The van der Waals surface area contributed by atoms with Crippen LogP contribution in [-0.4, -0.2) is 98.9 Å². The first kappa shape index (κ1) is 24.4. The molecule has 1 saturated carbocycles. The predicted octanol–water partition coefficient (Wildman–Crippen LogP) is 0.604. The maximum Gasteiger partial charge on any atom is 0.233 e. The Labute approximate surface area is 202 Å². The molecule has 2 amide bonds. The van der Waals surface area contributed by atoms with Crippen LogP contribution in [0.2, 0.25) is 0 Å². The van der Waals surface area contributed by atoms with Gasteiger partial charge in [-0.3, -0.25) is 19.5 Å². The van der Waals surface area contributed by atoms with Crippen LogP contribution in [0.4, 0.5) is 0 Å². The molecule has 2 aliphatic heterocycles. The lowest BCUT2D eigenvalue weighted by molar-refractivity contribution is -0.140. The van der Waals surface area contributed by atoms with E-state index < -0.39 is 0 Å². The molecule has 4 aliphatic rings. The molecule has 2 aliphatic carbocycles. The highest BCUT2D eigenvalue weighted by molar-refractivity contribution is 14.0. The van der Waals surface area contributed by atoms with Crippen molar-refractivity contribution in [2.45, 2.75) is 19.3 Å². The van der Waals surface area contributed by atoms with Crippen molar-refractivity contribution in [1.29, 1.82) is 0 Å². The summed E-state index contributed by atoms with van der Waals surface area (Å²) in [4.78, 5) is 36.1. The van der Waals surface area contributed by atoms with E-state index >= 15 is 0 Å². The Morgan fingerprint density at radius 2 is 1.68 bits per heavy atom. The van der Waals surface area contributed by atoms with Gasteiger partial charge in [-0.25, -0.2) is 0 Å². The number of hydrogen-bond donors (Lipinski definition) is 2. The first-order valence-electron chi connectivity index (χ1n) is 11.5. The standard InChI is InChI=1S/C22H36N6O2.HI/c1-23-22(25-8-12-27-10-4-9-26(2)13-14-27)24-7-3-11-28-20(29)18-16-5-6-17(15-16)19(18)21(28)30;/h5-6,16-19H,3-4,7-15H2,1-2H3,(H2,23,24,25);1H. The van der Waals surface area contributed by atoms with Gasteiger partial charge in [0.1, 0.15) is 0 Å². The van der Waals surface area contributed by atoms with Gasteiger partial charge < -0.3 is 20.4 Å². The zero-order chi connectivity index (χ0) is 21.1. The summed E-state index contributed by atoms with van der Waals surface area (Å²) in [5.74, 6) is 1.27. The van der Waals surface area contributed by atoms with E-state index in [1.165, 1.54) is 17.9 Å². The van der Waals surface area contributed by atoms with Gasteiger partial charge in [-0.15, -0.1) is 24.0 Å². The first-order chi connectivity index (χ1) is 14.6. The molecule has 4 atom stereocenters. The summed E-state index contributed by atoms with van der Waals surface area (Å²) in [5, 5.41) is 6.69. The van der Waals surface area contributed by atoms with Gasteiger partial charge in [0.15, 0.2) is 5.96 Å². The number of nitrogens with zero attached hydrogens (tertiary/aromatic N) is 4. The van der Waals surface area contributed by atoms with Crippen LogP contribution in [0.1, 0.15) is 19.3 Å². The van der Waals surface area contributed by atoms with Crippen LogP contribution in [0, 0.1) is 23.7 Å². The largest absolute Gasteiger partial charge is 0.356 e. The molecule has 2 saturated heterocycles. The van der Waals surface area contributed by atoms with Crippen LogP contribution in [0.25, 0.3) is 0 Å². The molecule has 0 radical (unpaired) electrons. The van der Waals surface area contributed by atoms with E-state index in [0.29, 0.717) is 13.1 Å². The van der Waals surface area contributed by atoms with Gasteiger partial charge in [-0.2, -0.15) is 0 Å². The highest BCUT2D eigenvalue weighted by atomic mass is 127. The number of hydrogen-bond acceptors (Lipinski definition) is 5. The van der Waals surface area contributed by atoms with E-state index in [0.717, 1.165) is 51.5 Å². The topological polar surface area (TPSA) is 80.3 Å². The summed E-state index contributed by atoms with van der Waals surface area (Å²) < 4.78 is 0. The van der Waals surface area contributed by atoms with Gasteiger partial charge >= 0.3 is 0 Å². The molecule has 2 bridgehead atoms. The summed E-state index contributed by atoms with van der Waals surface area (Å²) in [6, 6.07) is 0. The van der Waals surface area contributed by atoms with Crippen LogP contribution in [-0.2, 0) is 9.59 Å². The molecule has 174 valence electrons. The highest BCUT2D eigenvalue weighted by Crippen LogP contribution is 2.52. The second kappa shape index (κ2) is 11.1. The van der Waals surface area contributed by atoms with Gasteiger partial charge in [-0.1, -0.05) is 12.2 Å². The summed E-state index contributed by atoms with van der Waals surface area (Å²) >= 11 is 0. The number of likely N-dealkylation sites (tertiary alicyclic amines) is 1. The molecule has 31 heavy (non-hydrogen) atoms. The molecule has 2 heterocycles. The van der Waals surface area contributed by atoms with Crippen molar-refractivity contribution in [1.82, 2.24) is 25.3 Å². The predicted molar refractivity (Wildman–Crippen MR) is 132 cm³/mol. The van der Waals surface area contributed by atoms with Crippen LogP contribution in [0.3, 0.4) is 0 Å². The smallest absolute Gasteiger partial charge is 0.233 e. The van der Waals surface area contributed by atoms with Crippen LogP contribution >= 0.6 is 24.0 Å². The monoisotopic (exact) mass is 544 g/mol. The Morgan fingerprint density at radius 3 is 2.35 bits per heavy atom. The van der Waals surface area contributed by atoms with E-state index in [-0.39, 0.29) is 59.5 Å². The van der Waals surface area contributed by atoms with Crippen molar-refractivity contribution in [3.8, 4) is 0 Å². The van der Waals surface area contributed by atoms with Gasteiger partial charge in [0, 0.05) is 46.3 Å². The highest BCUT2D eigenvalue weighted by Gasteiger charge is 2.58. The van der Waals surface area contributed by atoms with Crippen LogP contribution < -0.4 is 10.6 Å². The van der Waals surface area contributed by atoms with Crippen molar-refractivity contribution >= 4 is 41.8 Å². The fraction of sp³-hybridized carbons (Fsp3) is 0.773. The average molecular weight is 544 g/mol. The Kier molecular flexibility index (Phi) is 8.74. The van der Waals surface area contributed by atoms with E-state index in [9.17, 15) is 9.59 Å². The number of nitrogens with one attached hydrogen (secondary N) is 2. The first-order valence-corrected chi connectivity index (χ1v) is 11.5. The van der Waals surface area contributed by atoms with E-state index in [4.69, 9.17) is 0 Å². The Morgan fingerprint density at radius 1 is 1.00 bits per heavy atom. The molecular weight excluding hydrogens is 507 g/mol. The summed E-state index contributed by atoms with van der Waals surface area (Å²) in [5.41, 5.74) is 0. The number of imide groups is 1. The van der Waals surface area contributed by atoms with Crippen molar-refractivity contribution in [2.75, 3.05) is 66.5 Å². The number of rotatable bonds is 7. The number of fused-ring (bicyclic) bond motifs is 5. The summed E-state index contributed by atoms with van der Waals surface area (Å²) in [7, 11) is 3.96. The molecule has 4 unspecified atom stereocenters. The number of halogens is 1. The molecular formula is C22H37IN6O2. The third-order valence-electron chi connectivity index (χ3n) is 7.17. The molecule has 3 fully saturated rings. The lowest BCUT2D eigenvalue weighted by atomic mass is 9.85. The van der Waals surface area contributed by atoms with Gasteiger partial charge in [0.2, 0.25) is 11.8 Å². The van der Waals surface area contributed by atoms with Gasteiger partial charge in [0.25, 0.3) is 0 Å². The molecule has 0 aromatic rings. The number of carbonyl (C=O) groups excluding carboxylic acids is 2. The zero-order valence-corrected chi connectivity index (χ0v) is 21.1. The Hall–Kier alpha value is -1.20. The number of carbonyl (C=O) groups is 2. The molecule has 0 aromatic heterocycles. The van der Waals surface area contributed by atoms with Gasteiger partial charge in [-0.05, 0) is 51.2 Å². The van der Waals surface area contributed by atoms with Crippen LogP contribution in [0.5, 0.6) is 0 Å². The summed E-state index contributed by atoms with van der Waals surface area (Å²) in [6.45, 7) is 7.60. The Balaban J connectivity index is 0.00000272. The number of allylic oxidation sites excluding steroid dienone is 2. The number of likely N-dealkylation sites (N-methyl/N-ethyl adjacent to an activating group) is 1. The minimum atomic E-state index is -0.0892. The average Bonchev–Trinajstić information content (AvgIpc) is 3.37. The quantitative estimate of drug-likeness (QED) is 0.122. The minimum Gasteiger partial charge on any atom is -0.356 e. The lowest BCUT2D eigenvalue weighted by Gasteiger charge is -2.21. The second-order valence-electron chi connectivity index (χ2n) is 9.11. The molecule has 8 nitrogen and oxygen atoms in total. The minimum absolute atomic E-state index is 0. The fourth-order valence-corrected chi connectivity index (χ4v) is 5.51. The zero-order valence-electron chi connectivity index (χ0n) is 18.8. The normalized spacial score (nSPS) is 31.0. The van der Waals surface area contributed by atoms with E-state index in [1.54, 1.807) is 7.05 Å². The molecule has 0 aromatic carbocycles. The summed E-state index contributed by atoms with van der Waals surface area (Å²) in [6.07, 6.45) is 7.22. The van der Waals surface area contributed by atoms with Crippen molar-refractivity contribution in [3.63, 3.8) is 0 Å². The van der Waals surface area contributed by atoms with Gasteiger partial charge in [0.05, 0.1) is 11.8 Å². The number of amides is 2. The van der Waals surface area contributed by atoms with E-state index in [1.807, 2.05) is 0 Å². The SMILES string of the molecule is CN=C(NCCCN1C(=O)C2C3C=CC(C3)C2C1=O)NCCN1CCCN(C)CC1.I. The van der Waals surface area contributed by atoms with Crippen molar-refractivity contribution in [2.24, 2.45) is 28.7 Å². The molecule has 4 rings (SSSR count). The Bertz CT molecular complexity index is 684. The molecule has 2 N–H and O–H groups in total. The van der Waals surface area contributed by atoms with Crippen molar-refractivity contribution < 1.29 is 9.59 Å². The van der Waals surface area contributed by atoms with Crippen LogP contribution in [0.15, 0.2) is 17.1 Å². The molecule has 0 spiro atoms. The lowest BCUT2D eigenvalue weighted by Crippen LogP contribution is -2.43. The number of aliphatic imine (C=N–C) groups is 1. The fourth-order valence-electron chi connectivity index (χ4n) is 5.51. The third-order valence-corrected chi connectivity index (χ3v) is 7.17. The molecule has 9 heteroatoms. The van der Waals surface area contributed by atoms with Crippen molar-refractivity contribution in [3.05, 3.63) is 12.2 Å². The maximum absolute atomic E-state index is 12.7. The second-order valence-corrected chi connectivity index (χ2v) is 9.11.